The minimum absolute atomic E-state index is 0.133. The van der Waals surface area contributed by atoms with Gasteiger partial charge in [-0.05, 0) is 38.5 Å². The minimum atomic E-state index is 0.133. The van der Waals surface area contributed by atoms with Crippen LogP contribution in [0.5, 0.6) is 0 Å². The molecule has 0 aliphatic carbocycles. The van der Waals surface area contributed by atoms with Crippen LogP contribution in [-0.2, 0) is 9.53 Å². The fourth-order valence-corrected chi connectivity index (χ4v) is 2.30. The highest BCUT2D eigenvalue weighted by Crippen LogP contribution is 2.36. The largest absolute Gasteiger partial charge is 0.369 e. The summed E-state index contributed by atoms with van der Waals surface area (Å²) in [6, 6.07) is 0. The van der Waals surface area contributed by atoms with Gasteiger partial charge < -0.3 is 9.64 Å². The summed E-state index contributed by atoms with van der Waals surface area (Å²) >= 11 is 0. The molecule has 1 heterocycles. The number of carbonyl (C=O) groups is 1. The molecule has 1 amide bonds. The Bertz CT molecular complexity index is 234. The first-order valence-corrected chi connectivity index (χ1v) is 6.42. The molecule has 16 heavy (non-hydrogen) atoms. The van der Waals surface area contributed by atoms with E-state index in [0.29, 0.717) is 5.41 Å². The highest BCUT2D eigenvalue weighted by molar-refractivity contribution is 5.77. The Morgan fingerprint density at radius 1 is 1.38 bits per heavy atom. The van der Waals surface area contributed by atoms with Crippen molar-refractivity contribution < 1.29 is 9.53 Å². The van der Waals surface area contributed by atoms with E-state index in [1.807, 2.05) is 18.7 Å². The van der Waals surface area contributed by atoms with Crippen molar-refractivity contribution >= 4 is 5.91 Å². The lowest BCUT2D eigenvalue weighted by atomic mass is 9.82. The van der Waals surface area contributed by atoms with Crippen LogP contribution < -0.4 is 0 Å². The van der Waals surface area contributed by atoms with Crippen molar-refractivity contribution in [3.63, 3.8) is 0 Å². The Kier molecular flexibility index (Phi) is 4.78. The van der Waals surface area contributed by atoms with Gasteiger partial charge in [0.05, 0.1) is 6.10 Å². The zero-order valence-electron chi connectivity index (χ0n) is 11.1. The van der Waals surface area contributed by atoms with E-state index in [2.05, 4.69) is 13.8 Å². The van der Waals surface area contributed by atoms with E-state index in [1.165, 1.54) is 0 Å². The first-order chi connectivity index (χ1) is 7.53. The SMILES string of the molecule is CCC1(CC)CCN(C(=O)COC(C)C)C1. The van der Waals surface area contributed by atoms with Gasteiger partial charge in [-0.1, -0.05) is 13.8 Å². The third kappa shape index (κ3) is 3.21. The van der Waals surface area contributed by atoms with Crippen molar-refractivity contribution in [1.29, 1.82) is 0 Å². The summed E-state index contributed by atoms with van der Waals surface area (Å²) in [6.07, 6.45) is 3.61. The molecule has 1 saturated heterocycles. The molecule has 0 aromatic rings. The van der Waals surface area contributed by atoms with Crippen LogP contribution in [0.15, 0.2) is 0 Å². The maximum atomic E-state index is 11.9. The van der Waals surface area contributed by atoms with Gasteiger partial charge in [-0.25, -0.2) is 0 Å². The molecule has 3 heteroatoms. The van der Waals surface area contributed by atoms with Gasteiger partial charge >= 0.3 is 0 Å². The molecule has 0 radical (unpaired) electrons. The van der Waals surface area contributed by atoms with E-state index in [9.17, 15) is 4.79 Å². The van der Waals surface area contributed by atoms with Gasteiger partial charge in [0.25, 0.3) is 0 Å². The van der Waals surface area contributed by atoms with E-state index in [-0.39, 0.29) is 18.6 Å². The molecule has 94 valence electrons. The van der Waals surface area contributed by atoms with Gasteiger partial charge in [0.1, 0.15) is 6.61 Å². The number of rotatable bonds is 5. The molecule has 3 nitrogen and oxygen atoms in total. The Hall–Kier alpha value is -0.570. The zero-order chi connectivity index (χ0) is 12.2. The molecule has 1 aliphatic heterocycles. The average molecular weight is 227 g/mol. The van der Waals surface area contributed by atoms with E-state index < -0.39 is 0 Å². The second-order valence-electron chi connectivity index (χ2n) is 5.13. The van der Waals surface area contributed by atoms with Crippen molar-refractivity contribution in [3.8, 4) is 0 Å². The van der Waals surface area contributed by atoms with Crippen LogP contribution in [0.4, 0.5) is 0 Å². The van der Waals surface area contributed by atoms with Crippen molar-refractivity contribution in [2.24, 2.45) is 5.41 Å². The van der Waals surface area contributed by atoms with Gasteiger partial charge in [-0.2, -0.15) is 0 Å². The molecule has 1 rings (SSSR count). The highest BCUT2D eigenvalue weighted by atomic mass is 16.5. The van der Waals surface area contributed by atoms with Crippen molar-refractivity contribution in [1.82, 2.24) is 4.90 Å². The van der Waals surface area contributed by atoms with Crippen LogP contribution >= 0.6 is 0 Å². The van der Waals surface area contributed by atoms with Gasteiger partial charge in [0, 0.05) is 13.1 Å². The summed E-state index contributed by atoms with van der Waals surface area (Å²) < 4.78 is 5.36. The smallest absolute Gasteiger partial charge is 0.248 e. The normalized spacial score (nSPS) is 19.4. The lowest BCUT2D eigenvalue weighted by Crippen LogP contribution is -2.34. The maximum Gasteiger partial charge on any atom is 0.248 e. The summed E-state index contributed by atoms with van der Waals surface area (Å²) in [6.45, 7) is 10.4. The van der Waals surface area contributed by atoms with Gasteiger partial charge in [-0.3, -0.25) is 4.79 Å². The fourth-order valence-electron chi connectivity index (χ4n) is 2.30. The predicted molar refractivity (Wildman–Crippen MR) is 65.3 cm³/mol. The van der Waals surface area contributed by atoms with E-state index in [4.69, 9.17) is 4.74 Å². The molecule has 0 aromatic carbocycles. The van der Waals surface area contributed by atoms with Crippen molar-refractivity contribution in [2.75, 3.05) is 19.7 Å². The van der Waals surface area contributed by atoms with Crippen LogP contribution in [-0.4, -0.2) is 36.6 Å². The molecule has 0 N–H and O–H groups in total. The van der Waals surface area contributed by atoms with Crippen molar-refractivity contribution in [3.05, 3.63) is 0 Å². The summed E-state index contributed by atoms with van der Waals surface area (Å²) in [5.74, 6) is 0.150. The zero-order valence-corrected chi connectivity index (χ0v) is 11.1. The molecule has 0 saturated carbocycles. The summed E-state index contributed by atoms with van der Waals surface area (Å²) in [7, 11) is 0. The summed E-state index contributed by atoms with van der Waals surface area (Å²) in [4.78, 5) is 13.8. The van der Waals surface area contributed by atoms with Crippen LogP contribution in [0.3, 0.4) is 0 Å². The van der Waals surface area contributed by atoms with Crippen LogP contribution in [0.2, 0.25) is 0 Å². The number of likely N-dealkylation sites (tertiary alicyclic amines) is 1. The fraction of sp³-hybridized carbons (Fsp3) is 0.923. The number of hydrogen-bond acceptors (Lipinski definition) is 2. The molecule has 1 fully saturated rings. The monoisotopic (exact) mass is 227 g/mol. The summed E-state index contributed by atoms with van der Waals surface area (Å²) in [5, 5.41) is 0. The van der Waals surface area contributed by atoms with E-state index in [1.54, 1.807) is 0 Å². The maximum absolute atomic E-state index is 11.9. The number of ether oxygens (including phenoxy) is 1. The second kappa shape index (κ2) is 5.67. The second-order valence-corrected chi connectivity index (χ2v) is 5.13. The first kappa shape index (κ1) is 13.5. The van der Waals surface area contributed by atoms with Crippen molar-refractivity contribution in [2.45, 2.75) is 53.1 Å². The van der Waals surface area contributed by atoms with Crippen LogP contribution in [0, 0.1) is 5.41 Å². The summed E-state index contributed by atoms with van der Waals surface area (Å²) in [5.41, 5.74) is 0.369. The number of hydrogen-bond donors (Lipinski definition) is 0. The Morgan fingerprint density at radius 2 is 2.00 bits per heavy atom. The minimum Gasteiger partial charge on any atom is -0.369 e. The van der Waals surface area contributed by atoms with Crippen LogP contribution in [0.25, 0.3) is 0 Å². The quantitative estimate of drug-likeness (QED) is 0.722. The van der Waals surface area contributed by atoms with Crippen LogP contribution in [0.1, 0.15) is 47.0 Å². The average Bonchev–Trinajstić information content (AvgIpc) is 2.71. The highest BCUT2D eigenvalue weighted by Gasteiger charge is 2.36. The number of carbonyl (C=O) groups excluding carboxylic acids is 1. The Balaban J connectivity index is 2.43. The first-order valence-electron chi connectivity index (χ1n) is 6.42. The third-order valence-corrected chi connectivity index (χ3v) is 3.83. The molecular formula is C13H25NO2. The molecular weight excluding hydrogens is 202 g/mol. The third-order valence-electron chi connectivity index (χ3n) is 3.83. The Morgan fingerprint density at radius 3 is 2.44 bits per heavy atom. The molecule has 1 aliphatic rings. The number of nitrogens with zero attached hydrogens (tertiary/aromatic N) is 1. The number of amides is 1. The molecule has 0 aromatic heterocycles. The Labute approximate surface area is 99.1 Å². The van der Waals surface area contributed by atoms with Gasteiger partial charge in [-0.15, -0.1) is 0 Å². The predicted octanol–water partition coefficient (Wildman–Crippen LogP) is 2.45. The van der Waals surface area contributed by atoms with E-state index >= 15 is 0 Å². The molecule has 0 atom stereocenters. The molecule has 0 spiro atoms. The van der Waals surface area contributed by atoms with Gasteiger partial charge in [0.15, 0.2) is 0 Å². The topological polar surface area (TPSA) is 29.5 Å². The lowest BCUT2D eigenvalue weighted by Gasteiger charge is -2.26. The molecule has 0 bridgehead atoms. The van der Waals surface area contributed by atoms with Gasteiger partial charge in [0.2, 0.25) is 5.91 Å². The molecule has 0 unspecified atom stereocenters. The van der Waals surface area contributed by atoms with E-state index in [0.717, 1.165) is 32.4 Å². The standard InChI is InChI=1S/C13H25NO2/c1-5-13(6-2)7-8-14(10-13)12(15)9-16-11(3)4/h11H,5-10H2,1-4H3. The lowest BCUT2D eigenvalue weighted by molar-refractivity contribution is -0.136.